The third-order valence-corrected chi connectivity index (χ3v) is 0. The van der Waals surface area contributed by atoms with Crippen molar-refractivity contribution in [2.45, 2.75) is 0 Å². The van der Waals surface area contributed by atoms with Gasteiger partial charge in [-0.3, -0.25) is 0 Å². The van der Waals surface area contributed by atoms with E-state index in [-0.39, 0.29) is 49.7 Å². The maximum atomic E-state index is 0. The number of nitrogens with zero attached hydrogens (tertiary/aromatic N) is 2. The molecular weight excluding hydrogens is 85.9 g/mol. The van der Waals surface area contributed by atoms with Crippen LogP contribution in [0.1, 0.15) is 0 Å². The zero-order valence-electron chi connectivity index (χ0n) is 2.34. The zero-order valence-corrected chi connectivity index (χ0v) is 3.74. The van der Waals surface area contributed by atoms with Crippen molar-refractivity contribution < 1.29 is 37.4 Å². The van der Waals surface area contributed by atoms with Crippen LogP contribution in [0.4, 0.5) is 0 Å². The summed E-state index contributed by atoms with van der Waals surface area (Å²) in [6.07, 6.45) is 0. The molecular formula is LiN2V. The third kappa shape index (κ3) is 11.3. The van der Waals surface area contributed by atoms with Crippen LogP contribution in [0.5, 0.6) is 0 Å². The maximum Gasteiger partial charge on any atom is 5.00 e. The van der Waals surface area contributed by atoms with Crippen molar-refractivity contribution in [1.82, 2.24) is 0 Å². The summed E-state index contributed by atoms with van der Waals surface area (Å²) >= 11 is 0. The first-order valence-corrected chi connectivity index (χ1v) is 0. The van der Waals surface area contributed by atoms with Gasteiger partial charge in [0.05, 0.1) is 0 Å². The number of hydrogen-bond donors (Lipinski definition) is 0. The average molecular weight is 85.9 g/mol. The van der Waals surface area contributed by atoms with Gasteiger partial charge < -0.3 is 12.3 Å². The fraction of sp³-hybridized carbons (Fsp3) is 0. The largest absolute Gasteiger partial charge is 5.00 e. The molecule has 0 aliphatic carbocycles. The molecule has 0 saturated heterocycles. The Hall–Kier alpha value is 1.10. The molecule has 0 bridgehead atoms. The summed E-state index contributed by atoms with van der Waals surface area (Å²) in [5.74, 6) is 0. The van der Waals surface area contributed by atoms with Gasteiger partial charge in [0.15, 0.2) is 0 Å². The van der Waals surface area contributed by atoms with E-state index >= 15 is 0 Å². The van der Waals surface area contributed by atoms with E-state index in [0.717, 1.165) is 0 Å². The van der Waals surface area contributed by atoms with E-state index < -0.39 is 0 Å². The molecule has 0 unspecified atom stereocenters. The first-order chi connectivity index (χ1) is 0. The summed E-state index contributed by atoms with van der Waals surface area (Å²) in [7, 11) is 0. The first kappa shape index (κ1) is 70.7. The minimum atomic E-state index is 0. The van der Waals surface area contributed by atoms with E-state index in [4.69, 9.17) is 0 Å². The van der Waals surface area contributed by atoms with Gasteiger partial charge in [-0.25, -0.2) is 0 Å². The van der Waals surface area contributed by atoms with E-state index in [1.165, 1.54) is 0 Å². The molecule has 0 spiro atoms. The van der Waals surface area contributed by atoms with Gasteiger partial charge in [0.25, 0.3) is 0 Å². The zero-order chi connectivity index (χ0) is 0. The van der Waals surface area contributed by atoms with Crippen LogP contribution in [0, 0.1) is 0 Å². The molecule has 0 radical (unpaired) electrons. The third-order valence-electron chi connectivity index (χ3n) is 0. The van der Waals surface area contributed by atoms with Crippen LogP contribution in [0.2, 0.25) is 0 Å². The van der Waals surface area contributed by atoms with Crippen molar-refractivity contribution in [3.8, 4) is 0 Å². The molecule has 16 valence electrons. The topological polar surface area (TPSA) is 61.0 Å². The fourth-order valence-electron chi connectivity index (χ4n) is 0. The van der Waals surface area contributed by atoms with Gasteiger partial charge in [0.2, 0.25) is 0 Å². The summed E-state index contributed by atoms with van der Waals surface area (Å²) in [6, 6.07) is 0. The van der Waals surface area contributed by atoms with Crippen molar-refractivity contribution in [3.05, 3.63) is 12.3 Å². The summed E-state index contributed by atoms with van der Waals surface area (Å²) in [6.45, 7) is 0. The summed E-state index contributed by atoms with van der Waals surface area (Å²) in [5, 5.41) is 0. The molecule has 0 aliphatic heterocycles. The Labute approximate surface area is 49.9 Å². The minimum Gasteiger partial charge on any atom is -3.00 e. The molecule has 4 heteroatoms. The smallest absolute Gasteiger partial charge is 3.00 e. The molecule has 0 N–H and O–H groups in total. The number of rotatable bonds is 0. The Morgan fingerprint density at radius 2 is 0.750 bits per heavy atom. The second kappa shape index (κ2) is 32.5. The van der Waals surface area contributed by atoms with E-state index in [1.54, 1.807) is 0 Å². The molecule has 0 saturated carbocycles. The molecule has 0 aromatic heterocycles. The first-order valence-electron chi connectivity index (χ1n) is 0. The van der Waals surface area contributed by atoms with Gasteiger partial charge in [-0.05, 0) is 0 Å². The maximum absolute atomic E-state index is 0. The van der Waals surface area contributed by atoms with Crippen molar-refractivity contribution in [1.29, 1.82) is 0 Å². The van der Waals surface area contributed by atoms with Gasteiger partial charge >= 0.3 is 37.4 Å². The quantitative estimate of drug-likeness (QED) is 0.294. The minimum absolute atomic E-state index is 0. The van der Waals surface area contributed by atoms with Crippen LogP contribution in [0.15, 0.2) is 0 Å². The molecule has 0 heterocycles. The molecule has 0 aromatic rings. The normalized spacial score (nSPS) is 0. The Balaban J connectivity index is 0. The standard InChI is InChI=1S/Li.2N.V/q+1;2*-3;+5. The Morgan fingerprint density at radius 3 is 0.750 bits per heavy atom. The summed E-state index contributed by atoms with van der Waals surface area (Å²) in [5.41, 5.74) is 0. The summed E-state index contributed by atoms with van der Waals surface area (Å²) in [4.78, 5) is 0. The van der Waals surface area contributed by atoms with Gasteiger partial charge in [-0.1, -0.05) is 0 Å². The van der Waals surface area contributed by atoms with Crippen LogP contribution in [-0.2, 0) is 18.6 Å². The Kier molecular flexibility index (Phi) is 575. The SMILES string of the molecule is [Li+].[N-3].[N-3].[V+5]. The van der Waals surface area contributed by atoms with E-state index in [1.807, 2.05) is 0 Å². The van der Waals surface area contributed by atoms with Gasteiger partial charge in [0.1, 0.15) is 0 Å². The molecule has 0 aliphatic rings. The fourth-order valence-corrected chi connectivity index (χ4v) is 0. The van der Waals surface area contributed by atoms with Gasteiger partial charge in [-0.2, -0.15) is 0 Å². The Bertz CT molecular complexity index is 6.00. The molecule has 0 fully saturated rings. The average Bonchev–Trinajstić information content (AvgIpc) is 0. The second-order valence-electron chi connectivity index (χ2n) is 0. The van der Waals surface area contributed by atoms with Crippen molar-refractivity contribution in [3.63, 3.8) is 0 Å². The van der Waals surface area contributed by atoms with Crippen molar-refractivity contribution >= 4 is 0 Å². The molecule has 0 rings (SSSR count). The number of hydrogen-bond acceptors (Lipinski definition) is 0. The van der Waals surface area contributed by atoms with Crippen LogP contribution in [-0.4, -0.2) is 0 Å². The van der Waals surface area contributed by atoms with E-state index in [2.05, 4.69) is 0 Å². The van der Waals surface area contributed by atoms with Crippen molar-refractivity contribution in [2.24, 2.45) is 0 Å². The van der Waals surface area contributed by atoms with E-state index in [0.29, 0.717) is 0 Å². The molecule has 0 aromatic carbocycles. The molecule has 0 amide bonds. The molecule has 0 atom stereocenters. The predicted molar refractivity (Wildman–Crippen MR) is 6.72 cm³/mol. The molecule has 2 nitrogen and oxygen atoms in total. The van der Waals surface area contributed by atoms with E-state index in [9.17, 15) is 0 Å². The van der Waals surface area contributed by atoms with Gasteiger partial charge in [0, 0.05) is 0 Å². The van der Waals surface area contributed by atoms with Crippen LogP contribution < -0.4 is 18.9 Å². The predicted octanol–water partition coefficient (Wildman–Crippen LogP) is -2.42. The van der Waals surface area contributed by atoms with Crippen LogP contribution >= 0.6 is 0 Å². The monoisotopic (exact) mass is 86.0 g/mol. The van der Waals surface area contributed by atoms with Gasteiger partial charge in [-0.15, -0.1) is 0 Å². The van der Waals surface area contributed by atoms with Crippen LogP contribution in [0.25, 0.3) is 12.3 Å². The summed E-state index contributed by atoms with van der Waals surface area (Å²) < 4.78 is 0. The van der Waals surface area contributed by atoms with Crippen LogP contribution in [0.3, 0.4) is 0 Å². The second-order valence-corrected chi connectivity index (χ2v) is 0. The Morgan fingerprint density at radius 1 is 0.750 bits per heavy atom. The molecule has 4 heavy (non-hydrogen) atoms. The van der Waals surface area contributed by atoms with Crippen molar-refractivity contribution in [2.75, 3.05) is 0 Å².